The number of likely N-dealkylation sites (tertiary alicyclic amines) is 1. The van der Waals surface area contributed by atoms with Crippen LogP contribution in [0.2, 0.25) is 0 Å². The second-order valence-corrected chi connectivity index (χ2v) is 5.34. The summed E-state index contributed by atoms with van der Waals surface area (Å²) in [7, 11) is 3.38. The number of methoxy groups -OCH3 is 2. The molecule has 1 aliphatic rings. The van der Waals surface area contributed by atoms with Crippen molar-refractivity contribution in [3.05, 3.63) is 23.8 Å². The van der Waals surface area contributed by atoms with Crippen LogP contribution < -0.4 is 15.2 Å². The lowest BCUT2D eigenvalue weighted by molar-refractivity contribution is 0.194. The van der Waals surface area contributed by atoms with Crippen molar-refractivity contribution in [2.24, 2.45) is 5.73 Å². The summed E-state index contributed by atoms with van der Waals surface area (Å²) in [5, 5.41) is 0. The van der Waals surface area contributed by atoms with Gasteiger partial charge in [-0.2, -0.15) is 0 Å². The second kappa shape index (κ2) is 5.80. The van der Waals surface area contributed by atoms with Gasteiger partial charge < -0.3 is 15.2 Å². The zero-order chi connectivity index (χ0) is 14.0. The fourth-order valence-electron chi connectivity index (χ4n) is 2.90. The molecule has 1 saturated heterocycles. The first-order chi connectivity index (χ1) is 9.08. The van der Waals surface area contributed by atoms with Crippen LogP contribution in [-0.2, 0) is 0 Å². The summed E-state index contributed by atoms with van der Waals surface area (Å²) >= 11 is 0. The molecular formula is C15H24N2O2. The first kappa shape index (κ1) is 14.2. The molecule has 0 saturated carbocycles. The number of hydrogen-bond donors (Lipinski definition) is 1. The van der Waals surface area contributed by atoms with Gasteiger partial charge in [-0.15, -0.1) is 0 Å². The maximum atomic E-state index is 6.32. The normalized spacial score (nSPS) is 23.9. The lowest BCUT2D eigenvalue weighted by atomic mass is 9.98. The Balaban J connectivity index is 2.42. The molecule has 0 bridgehead atoms. The van der Waals surface area contributed by atoms with E-state index in [1.165, 1.54) is 0 Å². The highest BCUT2D eigenvalue weighted by Crippen LogP contribution is 2.39. The van der Waals surface area contributed by atoms with E-state index >= 15 is 0 Å². The molecule has 4 nitrogen and oxygen atoms in total. The van der Waals surface area contributed by atoms with Crippen molar-refractivity contribution in [1.29, 1.82) is 0 Å². The Morgan fingerprint density at radius 1 is 1.26 bits per heavy atom. The molecule has 2 unspecified atom stereocenters. The maximum Gasteiger partial charge on any atom is 0.123 e. The summed E-state index contributed by atoms with van der Waals surface area (Å²) in [6.07, 6.45) is 1.02. The van der Waals surface area contributed by atoms with Crippen LogP contribution in [0.4, 0.5) is 0 Å². The van der Waals surface area contributed by atoms with E-state index in [1.54, 1.807) is 14.2 Å². The minimum atomic E-state index is 0.142. The third-order valence-electron chi connectivity index (χ3n) is 3.90. The molecule has 1 aromatic carbocycles. The fraction of sp³-hybridized carbons (Fsp3) is 0.600. The number of benzene rings is 1. The Morgan fingerprint density at radius 2 is 2.00 bits per heavy atom. The maximum absolute atomic E-state index is 6.32. The van der Waals surface area contributed by atoms with Crippen molar-refractivity contribution in [2.75, 3.05) is 20.8 Å². The molecule has 4 heteroatoms. The lowest BCUT2D eigenvalue weighted by Crippen LogP contribution is -2.36. The number of nitrogens with zero attached hydrogens (tertiary/aromatic N) is 1. The van der Waals surface area contributed by atoms with Crippen molar-refractivity contribution in [3.8, 4) is 11.5 Å². The van der Waals surface area contributed by atoms with Crippen LogP contribution in [0, 0.1) is 0 Å². The predicted octanol–water partition coefficient (Wildman–Crippen LogP) is 2.19. The highest BCUT2D eigenvalue weighted by atomic mass is 16.5. The molecule has 1 aromatic rings. The molecular weight excluding hydrogens is 240 g/mol. The van der Waals surface area contributed by atoms with Crippen molar-refractivity contribution in [3.63, 3.8) is 0 Å². The van der Waals surface area contributed by atoms with Crippen LogP contribution in [0.25, 0.3) is 0 Å². The van der Waals surface area contributed by atoms with E-state index in [2.05, 4.69) is 18.7 Å². The van der Waals surface area contributed by atoms with Crippen LogP contribution >= 0.6 is 0 Å². The Morgan fingerprint density at radius 3 is 2.58 bits per heavy atom. The quantitative estimate of drug-likeness (QED) is 0.905. The van der Waals surface area contributed by atoms with Gasteiger partial charge >= 0.3 is 0 Å². The molecule has 2 atom stereocenters. The molecule has 0 aromatic heterocycles. The summed E-state index contributed by atoms with van der Waals surface area (Å²) in [5.74, 6) is 1.73. The highest BCUT2D eigenvalue weighted by molar-refractivity contribution is 5.43. The SMILES string of the molecule is COc1ccc(OC)c(C2C(N)CCN2C(C)C)c1. The van der Waals surface area contributed by atoms with Crippen molar-refractivity contribution < 1.29 is 9.47 Å². The molecule has 1 aliphatic heterocycles. The topological polar surface area (TPSA) is 47.7 Å². The molecule has 0 amide bonds. The first-order valence-electron chi connectivity index (χ1n) is 6.81. The standard InChI is InChI=1S/C15H24N2O2/c1-10(2)17-8-7-13(16)15(17)12-9-11(18-3)5-6-14(12)19-4/h5-6,9-10,13,15H,7-8,16H2,1-4H3. The van der Waals surface area contributed by atoms with Crippen molar-refractivity contribution >= 4 is 0 Å². The third-order valence-corrected chi connectivity index (χ3v) is 3.90. The van der Waals surface area contributed by atoms with E-state index in [1.807, 2.05) is 18.2 Å². The van der Waals surface area contributed by atoms with E-state index in [4.69, 9.17) is 15.2 Å². The van der Waals surface area contributed by atoms with Crippen molar-refractivity contribution in [1.82, 2.24) is 4.90 Å². The van der Waals surface area contributed by atoms with Gasteiger partial charge in [0.15, 0.2) is 0 Å². The molecule has 0 spiro atoms. The van der Waals surface area contributed by atoms with E-state index in [-0.39, 0.29) is 12.1 Å². The molecule has 1 heterocycles. The van der Waals surface area contributed by atoms with Crippen LogP contribution in [0.3, 0.4) is 0 Å². The first-order valence-corrected chi connectivity index (χ1v) is 6.81. The van der Waals surface area contributed by atoms with Gasteiger partial charge in [-0.1, -0.05) is 0 Å². The van der Waals surface area contributed by atoms with Gasteiger partial charge in [0.1, 0.15) is 11.5 Å². The van der Waals surface area contributed by atoms with Crippen molar-refractivity contribution in [2.45, 2.75) is 38.4 Å². The molecule has 1 fully saturated rings. The number of nitrogens with two attached hydrogens (primary N) is 1. The number of ether oxygens (including phenoxy) is 2. The number of hydrogen-bond acceptors (Lipinski definition) is 4. The van der Waals surface area contributed by atoms with Gasteiger partial charge in [-0.05, 0) is 38.5 Å². The van der Waals surface area contributed by atoms with Crippen LogP contribution in [0.15, 0.2) is 18.2 Å². The van der Waals surface area contributed by atoms with E-state index in [0.29, 0.717) is 6.04 Å². The third kappa shape index (κ3) is 2.69. The van der Waals surface area contributed by atoms with Crippen LogP contribution in [0.1, 0.15) is 31.9 Å². The van der Waals surface area contributed by atoms with Gasteiger partial charge in [0, 0.05) is 24.2 Å². The lowest BCUT2D eigenvalue weighted by Gasteiger charge is -2.31. The zero-order valence-corrected chi connectivity index (χ0v) is 12.2. The molecule has 19 heavy (non-hydrogen) atoms. The number of rotatable bonds is 4. The monoisotopic (exact) mass is 264 g/mol. The van der Waals surface area contributed by atoms with Crippen LogP contribution in [0.5, 0.6) is 11.5 Å². The fourth-order valence-corrected chi connectivity index (χ4v) is 2.90. The summed E-state index contributed by atoms with van der Waals surface area (Å²) < 4.78 is 10.8. The van der Waals surface area contributed by atoms with Gasteiger partial charge in [0.2, 0.25) is 0 Å². The Labute approximate surface area is 115 Å². The molecule has 2 rings (SSSR count). The molecule has 0 radical (unpaired) electrons. The van der Waals surface area contributed by atoms with Gasteiger partial charge in [-0.3, -0.25) is 4.90 Å². The molecule has 0 aliphatic carbocycles. The molecule has 106 valence electrons. The zero-order valence-electron chi connectivity index (χ0n) is 12.2. The average Bonchev–Trinajstić information content (AvgIpc) is 2.80. The average molecular weight is 264 g/mol. The van der Waals surface area contributed by atoms with Gasteiger partial charge in [0.05, 0.1) is 20.3 Å². The Hall–Kier alpha value is -1.26. The summed E-state index contributed by atoms with van der Waals surface area (Å²) in [6.45, 7) is 5.44. The van der Waals surface area contributed by atoms with Crippen LogP contribution in [-0.4, -0.2) is 37.7 Å². The smallest absolute Gasteiger partial charge is 0.123 e. The predicted molar refractivity (Wildman–Crippen MR) is 76.7 cm³/mol. The van der Waals surface area contributed by atoms with E-state index in [9.17, 15) is 0 Å². The minimum absolute atomic E-state index is 0.142. The largest absolute Gasteiger partial charge is 0.497 e. The molecule has 2 N–H and O–H groups in total. The van der Waals surface area contributed by atoms with E-state index < -0.39 is 0 Å². The summed E-state index contributed by atoms with van der Waals surface area (Å²) in [4.78, 5) is 2.43. The summed E-state index contributed by atoms with van der Waals surface area (Å²) in [5.41, 5.74) is 7.44. The summed E-state index contributed by atoms with van der Waals surface area (Å²) in [6, 6.07) is 6.73. The van der Waals surface area contributed by atoms with E-state index in [0.717, 1.165) is 30.0 Å². The Kier molecular flexibility index (Phi) is 4.32. The Bertz CT molecular complexity index is 434. The minimum Gasteiger partial charge on any atom is -0.497 e. The van der Waals surface area contributed by atoms with Gasteiger partial charge in [0.25, 0.3) is 0 Å². The van der Waals surface area contributed by atoms with Gasteiger partial charge in [-0.25, -0.2) is 0 Å². The highest BCUT2D eigenvalue weighted by Gasteiger charge is 2.36. The second-order valence-electron chi connectivity index (χ2n) is 5.34.